The number of hydrogen-bond donors (Lipinski definition) is 1. The average Bonchev–Trinajstić information content (AvgIpc) is 2.39. The van der Waals surface area contributed by atoms with Crippen molar-refractivity contribution in [3.63, 3.8) is 0 Å². The van der Waals surface area contributed by atoms with Gasteiger partial charge >= 0.3 is 0 Å². The second-order valence-electron chi connectivity index (χ2n) is 4.74. The average molecular weight is 346 g/mol. The van der Waals surface area contributed by atoms with Crippen LogP contribution in [0.25, 0.3) is 0 Å². The number of halogens is 1. The summed E-state index contributed by atoms with van der Waals surface area (Å²) >= 11 is 3.48. The molecule has 5 heteroatoms. The first-order valence-electron chi connectivity index (χ1n) is 6.87. The van der Waals surface area contributed by atoms with Crippen molar-refractivity contribution >= 4 is 15.9 Å². The predicted octanol–water partition coefficient (Wildman–Crippen LogP) is 2.77. The first kappa shape index (κ1) is 17.4. The van der Waals surface area contributed by atoms with E-state index in [9.17, 15) is 0 Å². The lowest BCUT2D eigenvalue weighted by molar-refractivity contribution is 0.0644. The minimum absolute atomic E-state index is 0.115. The van der Waals surface area contributed by atoms with Gasteiger partial charge in [-0.1, -0.05) is 15.9 Å². The van der Waals surface area contributed by atoms with Crippen molar-refractivity contribution in [2.45, 2.75) is 25.8 Å². The number of ether oxygens (including phenoxy) is 3. The fourth-order valence-electron chi connectivity index (χ4n) is 1.78. The first-order valence-corrected chi connectivity index (χ1v) is 7.66. The molecule has 0 radical (unpaired) electrons. The Hall–Kier alpha value is -0.620. The summed E-state index contributed by atoms with van der Waals surface area (Å²) in [7, 11) is 1.67. The van der Waals surface area contributed by atoms with E-state index in [0.717, 1.165) is 28.6 Å². The van der Waals surface area contributed by atoms with E-state index >= 15 is 0 Å². The molecule has 1 rings (SSSR count). The molecule has 0 aliphatic rings. The monoisotopic (exact) mass is 345 g/mol. The highest BCUT2D eigenvalue weighted by molar-refractivity contribution is 9.10. The molecule has 0 aliphatic heterocycles. The van der Waals surface area contributed by atoms with Crippen LogP contribution in [0.3, 0.4) is 0 Å². The molecule has 0 bridgehead atoms. The van der Waals surface area contributed by atoms with E-state index in [-0.39, 0.29) is 6.04 Å². The van der Waals surface area contributed by atoms with Gasteiger partial charge in [-0.25, -0.2) is 0 Å². The minimum Gasteiger partial charge on any atom is -0.493 e. The summed E-state index contributed by atoms with van der Waals surface area (Å²) in [4.78, 5) is 0. The van der Waals surface area contributed by atoms with Gasteiger partial charge in [0.25, 0.3) is 0 Å². The Balaban J connectivity index is 2.35. The van der Waals surface area contributed by atoms with Crippen LogP contribution in [0.1, 0.15) is 18.9 Å². The van der Waals surface area contributed by atoms with Crippen molar-refractivity contribution in [1.82, 2.24) is 0 Å². The zero-order chi connectivity index (χ0) is 14.8. The lowest BCUT2D eigenvalue weighted by atomic mass is 10.1. The van der Waals surface area contributed by atoms with Gasteiger partial charge in [-0.3, -0.25) is 0 Å². The molecule has 0 saturated heterocycles. The Labute approximate surface area is 129 Å². The Bertz CT molecular complexity index is 385. The Kier molecular flexibility index (Phi) is 8.85. The highest BCUT2D eigenvalue weighted by atomic mass is 79.9. The summed E-state index contributed by atoms with van der Waals surface area (Å²) in [6, 6.07) is 6.14. The molecule has 1 atom stereocenters. The summed E-state index contributed by atoms with van der Waals surface area (Å²) in [5.41, 5.74) is 7.00. The second kappa shape index (κ2) is 10.2. The smallest absolute Gasteiger partial charge is 0.122 e. The van der Waals surface area contributed by atoms with E-state index in [2.05, 4.69) is 22.0 Å². The molecule has 0 saturated carbocycles. The predicted molar refractivity (Wildman–Crippen MR) is 84.3 cm³/mol. The van der Waals surface area contributed by atoms with Crippen LogP contribution >= 0.6 is 15.9 Å². The van der Waals surface area contributed by atoms with Crippen LogP contribution in [0.5, 0.6) is 5.75 Å². The molecular weight excluding hydrogens is 322 g/mol. The van der Waals surface area contributed by atoms with Crippen LogP contribution in [0.15, 0.2) is 22.7 Å². The Morgan fingerprint density at radius 3 is 2.70 bits per heavy atom. The van der Waals surface area contributed by atoms with E-state index in [1.165, 1.54) is 0 Å². The highest BCUT2D eigenvalue weighted by Gasteiger charge is 2.07. The lowest BCUT2D eigenvalue weighted by Crippen LogP contribution is -2.18. The molecule has 20 heavy (non-hydrogen) atoms. The fourth-order valence-corrected chi connectivity index (χ4v) is 2.19. The van der Waals surface area contributed by atoms with Gasteiger partial charge in [0.15, 0.2) is 0 Å². The first-order chi connectivity index (χ1) is 9.63. The minimum atomic E-state index is 0.115. The second-order valence-corrected chi connectivity index (χ2v) is 5.66. The Morgan fingerprint density at radius 2 is 2.00 bits per heavy atom. The molecule has 0 spiro atoms. The van der Waals surface area contributed by atoms with Gasteiger partial charge in [0, 0.05) is 30.7 Å². The summed E-state index contributed by atoms with van der Waals surface area (Å²) in [5, 5.41) is 0. The fraction of sp³-hybridized carbons (Fsp3) is 0.600. The van der Waals surface area contributed by atoms with Crippen LogP contribution in [0, 0.1) is 0 Å². The molecule has 1 unspecified atom stereocenters. The Morgan fingerprint density at radius 1 is 1.20 bits per heavy atom. The summed E-state index contributed by atoms with van der Waals surface area (Å²) in [6.45, 7) is 4.58. The van der Waals surface area contributed by atoms with Gasteiger partial charge in [0.2, 0.25) is 0 Å². The van der Waals surface area contributed by atoms with Crippen LogP contribution in [0.2, 0.25) is 0 Å². The molecule has 4 nitrogen and oxygen atoms in total. The molecular formula is C15H24BrNO3. The number of rotatable bonds is 10. The summed E-state index contributed by atoms with van der Waals surface area (Å²) in [5.74, 6) is 0.905. The standard InChI is InChI=1S/C15H24BrNO3/c1-12(17)10-13-11-14(16)4-5-15(13)20-7-3-6-19-9-8-18-2/h4-5,11-12H,3,6-10,17H2,1-2H3. The van der Waals surface area contributed by atoms with Crippen molar-refractivity contribution < 1.29 is 14.2 Å². The normalized spacial score (nSPS) is 12.4. The molecule has 0 heterocycles. The van der Waals surface area contributed by atoms with Gasteiger partial charge in [0.05, 0.1) is 19.8 Å². The summed E-state index contributed by atoms with van der Waals surface area (Å²) < 4.78 is 17.2. The molecule has 114 valence electrons. The zero-order valence-corrected chi connectivity index (χ0v) is 13.8. The third-order valence-corrected chi connectivity index (χ3v) is 3.18. The van der Waals surface area contributed by atoms with E-state index in [1.54, 1.807) is 7.11 Å². The number of hydrogen-bond acceptors (Lipinski definition) is 4. The van der Waals surface area contributed by atoms with Gasteiger partial charge in [0.1, 0.15) is 5.75 Å². The number of methoxy groups -OCH3 is 1. The highest BCUT2D eigenvalue weighted by Crippen LogP contribution is 2.24. The van der Waals surface area contributed by atoms with Crippen molar-refractivity contribution in [3.8, 4) is 5.75 Å². The molecule has 0 aliphatic carbocycles. The topological polar surface area (TPSA) is 53.7 Å². The van der Waals surface area contributed by atoms with Crippen molar-refractivity contribution in [3.05, 3.63) is 28.2 Å². The maximum Gasteiger partial charge on any atom is 0.122 e. The van der Waals surface area contributed by atoms with E-state index < -0.39 is 0 Å². The number of nitrogens with two attached hydrogens (primary N) is 1. The lowest BCUT2D eigenvalue weighted by Gasteiger charge is -2.13. The van der Waals surface area contributed by atoms with Gasteiger partial charge in [-0.2, -0.15) is 0 Å². The van der Waals surface area contributed by atoms with Crippen LogP contribution < -0.4 is 10.5 Å². The van der Waals surface area contributed by atoms with Crippen LogP contribution in [-0.2, 0) is 15.9 Å². The van der Waals surface area contributed by atoms with E-state index in [0.29, 0.717) is 26.4 Å². The van der Waals surface area contributed by atoms with Gasteiger partial charge in [-0.05, 0) is 37.1 Å². The molecule has 1 aromatic rings. The molecule has 1 aromatic carbocycles. The van der Waals surface area contributed by atoms with Crippen molar-refractivity contribution in [2.75, 3.05) is 33.5 Å². The maximum absolute atomic E-state index is 5.86. The third-order valence-electron chi connectivity index (χ3n) is 2.69. The maximum atomic E-state index is 5.86. The van der Waals surface area contributed by atoms with Crippen LogP contribution in [-0.4, -0.2) is 39.6 Å². The van der Waals surface area contributed by atoms with E-state index in [1.807, 2.05) is 19.1 Å². The number of benzene rings is 1. The van der Waals surface area contributed by atoms with Crippen molar-refractivity contribution in [1.29, 1.82) is 0 Å². The van der Waals surface area contributed by atoms with Crippen molar-refractivity contribution in [2.24, 2.45) is 5.73 Å². The molecule has 0 amide bonds. The summed E-state index contributed by atoms with van der Waals surface area (Å²) in [6.07, 6.45) is 1.66. The van der Waals surface area contributed by atoms with Crippen LogP contribution in [0.4, 0.5) is 0 Å². The van der Waals surface area contributed by atoms with E-state index in [4.69, 9.17) is 19.9 Å². The molecule has 0 fully saturated rings. The molecule has 2 N–H and O–H groups in total. The zero-order valence-electron chi connectivity index (χ0n) is 12.2. The molecule has 0 aromatic heterocycles. The van der Waals surface area contributed by atoms with Gasteiger partial charge < -0.3 is 19.9 Å². The quantitative estimate of drug-likeness (QED) is 0.662. The SMILES string of the molecule is COCCOCCCOc1ccc(Br)cc1CC(C)N. The third kappa shape index (κ3) is 7.24. The largest absolute Gasteiger partial charge is 0.493 e. The van der Waals surface area contributed by atoms with Gasteiger partial charge in [-0.15, -0.1) is 0 Å².